The first-order chi connectivity index (χ1) is 12.7. The number of methoxy groups -OCH3 is 2. The molecule has 3 rings (SSSR count). The van der Waals surface area contributed by atoms with Crippen molar-refractivity contribution in [2.24, 2.45) is 5.10 Å². The molecule has 26 heavy (non-hydrogen) atoms. The van der Waals surface area contributed by atoms with Crippen molar-refractivity contribution in [3.8, 4) is 11.5 Å². The van der Waals surface area contributed by atoms with Crippen LogP contribution in [0.25, 0.3) is 0 Å². The fourth-order valence-corrected chi connectivity index (χ4v) is 3.05. The quantitative estimate of drug-likeness (QED) is 0.748. The average Bonchev–Trinajstić information content (AvgIpc) is 2.69. The molecule has 0 spiro atoms. The Hall–Kier alpha value is -2.53. The van der Waals surface area contributed by atoms with Crippen LogP contribution < -0.4 is 9.47 Å². The van der Waals surface area contributed by atoms with Crippen LogP contribution in [0.1, 0.15) is 16.7 Å². The van der Waals surface area contributed by atoms with Crippen molar-refractivity contribution >= 4 is 6.21 Å². The zero-order chi connectivity index (χ0) is 18.4. The van der Waals surface area contributed by atoms with E-state index in [1.807, 2.05) is 24.4 Å². The Morgan fingerprint density at radius 3 is 2.35 bits per heavy atom. The van der Waals surface area contributed by atoms with Gasteiger partial charge in [-0.25, -0.2) is 0 Å². The van der Waals surface area contributed by atoms with Gasteiger partial charge < -0.3 is 9.47 Å². The van der Waals surface area contributed by atoms with Crippen LogP contribution in [0, 0.1) is 6.92 Å². The van der Waals surface area contributed by atoms with Crippen molar-refractivity contribution in [2.45, 2.75) is 13.5 Å². The van der Waals surface area contributed by atoms with Gasteiger partial charge in [0.25, 0.3) is 0 Å². The second kappa shape index (κ2) is 8.72. The molecule has 138 valence electrons. The van der Waals surface area contributed by atoms with Crippen molar-refractivity contribution in [1.29, 1.82) is 0 Å². The summed E-state index contributed by atoms with van der Waals surface area (Å²) in [7, 11) is 3.33. The summed E-state index contributed by atoms with van der Waals surface area (Å²) in [6.45, 7) is 7.00. The van der Waals surface area contributed by atoms with E-state index in [0.717, 1.165) is 49.8 Å². The van der Waals surface area contributed by atoms with E-state index in [1.54, 1.807) is 14.2 Å². The van der Waals surface area contributed by atoms with Crippen LogP contribution in [0.5, 0.6) is 11.5 Å². The van der Waals surface area contributed by atoms with Crippen LogP contribution in [0.15, 0.2) is 47.6 Å². The highest BCUT2D eigenvalue weighted by Gasteiger charge is 2.15. The minimum Gasteiger partial charge on any atom is -0.497 e. The van der Waals surface area contributed by atoms with Gasteiger partial charge in [-0.15, -0.1) is 0 Å². The number of nitrogens with zero attached hydrogens (tertiary/aromatic N) is 3. The Bertz CT molecular complexity index is 735. The summed E-state index contributed by atoms with van der Waals surface area (Å²) in [6, 6.07) is 14.5. The molecule has 2 aromatic rings. The smallest absolute Gasteiger partial charge is 0.127 e. The minimum absolute atomic E-state index is 0.799. The maximum atomic E-state index is 5.40. The molecule has 1 fully saturated rings. The van der Waals surface area contributed by atoms with Crippen molar-refractivity contribution in [1.82, 2.24) is 9.91 Å². The van der Waals surface area contributed by atoms with E-state index in [0.29, 0.717) is 0 Å². The summed E-state index contributed by atoms with van der Waals surface area (Å²) < 4.78 is 10.7. The topological polar surface area (TPSA) is 37.3 Å². The summed E-state index contributed by atoms with van der Waals surface area (Å²) >= 11 is 0. The lowest BCUT2D eigenvalue weighted by Gasteiger charge is -2.33. The number of benzene rings is 2. The first-order valence-corrected chi connectivity index (χ1v) is 8.97. The molecule has 2 aromatic carbocycles. The number of ether oxygens (including phenoxy) is 2. The molecule has 5 nitrogen and oxygen atoms in total. The Morgan fingerprint density at radius 2 is 1.69 bits per heavy atom. The molecule has 5 heteroatoms. The van der Waals surface area contributed by atoms with Crippen LogP contribution in [0.3, 0.4) is 0 Å². The molecule has 1 saturated heterocycles. The number of hydrogen-bond donors (Lipinski definition) is 0. The number of piperazine rings is 1. The molecule has 0 radical (unpaired) electrons. The van der Waals surface area contributed by atoms with Gasteiger partial charge in [0.15, 0.2) is 0 Å². The van der Waals surface area contributed by atoms with Crippen LogP contribution in [0.2, 0.25) is 0 Å². The predicted molar refractivity (Wildman–Crippen MR) is 105 cm³/mol. The van der Waals surface area contributed by atoms with Crippen molar-refractivity contribution < 1.29 is 9.47 Å². The Kier molecular flexibility index (Phi) is 6.12. The molecule has 1 aliphatic heterocycles. The average molecular weight is 353 g/mol. The highest BCUT2D eigenvalue weighted by molar-refractivity contribution is 5.84. The van der Waals surface area contributed by atoms with Gasteiger partial charge in [0.05, 0.1) is 20.4 Å². The molecule has 1 aliphatic rings. The standard InChI is InChI=1S/C21H27N3O2/c1-17-4-6-18(7-5-17)16-23-10-12-24(13-11-23)22-15-19-14-20(25-2)8-9-21(19)26-3/h4-9,14-15H,10-13,16H2,1-3H3. The maximum absolute atomic E-state index is 5.40. The number of hydrogen-bond acceptors (Lipinski definition) is 5. The van der Waals surface area contributed by atoms with Crippen LogP contribution in [-0.4, -0.2) is 56.5 Å². The van der Waals surface area contributed by atoms with Gasteiger partial charge in [0, 0.05) is 38.3 Å². The van der Waals surface area contributed by atoms with Gasteiger partial charge in [-0.05, 0) is 30.7 Å². The maximum Gasteiger partial charge on any atom is 0.127 e. The summed E-state index contributed by atoms with van der Waals surface area (Å²) in [4.78, 5) is 2.48. The highest BCUT2D eigenvalue weighted by Crippen LogP contribution is 2.22. The minimum atomic E-state index is 0.799. The van der Waals surface area contributed by atoms with E-state index in [2.05, 4.69) is 46.2 Å². The lowest BCUT2D eigenvalue weighted by Crippen LogP contribution is -2.43. The Morgan fingerprint density at radius 1 is 0.962 bits per heavy atom. The van der Waals surface area contributed by atoms with Crippen molar-refractivity contribution in [3.63, 3.8) is 0 Å². The van der Waals surface area contributed by atoms with E-state index in [1.165, 1.54) is 11.1 Å². The molecule has 0 aromatic heterocycles. The summed E-state index contributed by atoms with van der Waals surface area (Å²) in [6.07, 6.45) is 1.86. The molecular formula is C21H27N3O2. The fraction of sp³-hybridized carbons (Fsp3) is 0.381. The first kappa shape index (κ1) is 18.3. The monoisotopic (exact) mass is 353 g/mol. The summed E-state index contributed by atoms with van der Waals surface area (Å²) in [5, 5.41) is 6.75. The third-order valence-electron chi connectivity index (χ3n) is 4.67. The SMILES string of the molecule is COc1ccc(OC)c(C=NN2CCN(Cc3ccc(C)cc3)CC2)c1. The normalized spacial score (nSPS) is 15.4. The van der Waals surface area contributed by atoms with Crippen LogP contribution >= 0.6 is 0 Å². The van der Waals surface area contributed by atoms with Gasteiger partial charge in [0.2, 0.25) is 0 Å². The van der Waals surface area contributed by atoms with E-state index in [4.69, 9.17) is 9.47 Å². The lowest BCUT2D eigenvalue weighted by molar-refractivity contribution is 0.131. The van der Waals surface area contributed by atoms with Gasteiger partial charge in [-0.2, -0.15) is 5.10 Å². The summed E-state index contributed by atoms with van der Waals surface area (Å²) in [5.41, 5.74) is 3.60. The fourth-order valence-electron chi connectivity index (χ4n) is 3.05. The predicted octanol–water partition coefficient (Wildman–Crippen LogP) is 3.16. The van der Waals surface area contributed by atoms with E-state index in [-0.39, 0.29) is 0 Å². The molecule has 0 unspecified atom stereocenters. The third kappa shape index (κ3) is 4.76. The molecule has 0 saturated carbocycles. The summed E-state index contributed by atoms with van der Waals surface area (Å²) in [5.74, 6) is 1.60. The van der Waals surface area contributed by atoms with Gasteiger partial charge >= 0.3 is 0 Å². The van der Waals surface area contributed by atoms with Gasteiger partial charge in [-0.3, -0.25) is 9.91 Å². The van der Waals surface area contributed by atoms with Gasteiger partial charge in [0.1, 0.15) is 11.5 Å². The highest BCUT2D eigenvalue weighted by atomic mass is 16.5. The van der Waals surface area contributed by atoms with E-state index >= 15 is 0 Å². The zero-order valence-corrected chi connectivity index (χ0v) is 15.8. The zero-order valence-electron chi connectivity index (χ0n) is 15.8. The number of rotatable bonds is 6. The number of aryl methyl sites for hydroxylation is 1. The molecule has 0 bridgehead atoms. The van der Waals surface area contributed by atoms with Crippen molar-refractivity contribution in [3.05, 3.63) is 59.2 Å². The molecule has 0 aliphatic carbocycles. The molecular weight excluding hydrogens is 326 g/mol. The second-order valence-electron chi connectivity index (χ2n) is 6.57. The van der Waals surface area contributed by atoms with Crippen LogP contribution in [-0.2, 0) is 6.54 Å². The Labute approximate surface area is 155 Å². The second-order valence-corrected chi connectivity index (χ2v) is 6.57. The van der Waals surface area contributed by atoms with Crippen molar-refractivity contribution in [2.75, 3.05) is 40.4 Å². The largest absolute Gasteiger partial charge is 0.497 e. The Balaban J connectivity index is 1.55. The van der Waals surface area contributed by atoms with E-state index in [9.17, 15) is 0 Å². The molecule has 0 amide bonds. The third-order valence-corrected chi connectivity index (χ3v) is 4.67. The van der Waals surface area contributed by atoms with Crippen LogP contribution in [0.4, 0.5) is 0 Å². The molecule has 0 atom stereocenters. The van der Waals surface area contributed by atoms with E-state index < -0.39 is 0 Å². The first-order valence-electron chi connectivity index (χ1n) is 8.97. The lowest BCUT2D eigenvalue weighted by atomic mass is 10.1. The molecule has 1 heterocycles. The molecule has 0 N–H and O–H groups in total. The number of hydrazone groups is 1. The van der Waals surface area contributed by atoms with Gasteiger partial charge in [-0.1, -0.05) is 29.8 Å².